The molecule has 0 spiro atoms. The largest absolute Gasteiger partial charge is 0.422 e. The minimum Gasteiger partial charge on any atom is -0.422 e. The Morgan fingerprint density at radius 2 is 1.67 bits per heavy atom. The van der Waals surface area contributed by atoms with Crippen molar-refractivity contribution in [2.24, 2.45) is 0 Å². The van der Waals surface area contributed by atoms with Gasteiger partial charge in [0.25, 0.3) is 0 Å². The normalized spacial score (nSPS) is 14.1. The molecule has 1 aromatic rings. The lowest BCUT2D eigenvalue weighted by atomic mass is 9.93. The molecule has 1 aromatic carbocycles. The van der Waals surface area contributed by atoms with Gasteiger partial charge >= 0.3 is 5.97 Å². The Bertz CT molecular complexity index is 617. The van der Waals surface area contributed by atoms with Crippen LogP contribution in [0.25, 0.3) is 0 Å². The van der Waals surface area contributed by atoms with Gasteiger partial charge in [0, 0.05) is 13.0 Å². The number of rotatable bonds is 1. The average molecular weight is 285 g/mol. The van der Waals surface area contributed by atoms with Gasteiger partial charge in [0.1, 0.15) is 0 Å². The minimum atomic E-state index is -0.691. The first-order chi connectivity index (χ1) is 8.41. The van der Waals surface area contributed by atoms with Crippen molar-refractivity contribution in [3.05, 3.63) is 45.1 Å². The molecule has 0 aliphatic heterocycles. The van der Waals surface area contributed by atoms with Crippen LogP contribution in [0.3, 0.4) is 0 Å². The first-order valence-electron chi connectivity index (χ1n) is 4.89. The van der Waals surface area contributed by atoms with Crippen LogP contribution in [0.4, 0.5) is 0 Å². The predicted octanol–water partition coefficient (Wildman–Crippen LogP) is 2.82. The lowest BCUT2D eigenvalue weighted by Gasteiger charge is -2.16. The summed E-state index contributed by atoms with van der Waals surface area (Å²) < 4.78 is 4.68. The van der Waals surface area contributed by atoms with Gasteiger partial charge in [0.2, 0.25) is 5.78 Å². The van der Waals surface area contributed by atoms with E-state index in [2.05, 4.69) is 4.74 Å². The fourth-order valence-corrected chi connectivity index (χ4v) is 2.12. The van der Waals surface area contributed by atoms with Crippen molar-refractivity contribution in [1.82, 2.24) is 0 Å². The Morgan fingerprint density at radius 3 is 2.22 bits per heavy atom. The van der Waals surface area contributed by atoms with Crippen LogP contribution < -0.4 is 0 Å². The molecule has 1 aliphatic carbocycles. The van der Waals surface area contributed by atoms with E-state index in [1.165, 1.54) is 12.1 Å². The summed E-state index contributed by atoms with van der Waals surface area (Å²) in [5, 5.41) is 0.219. The summed E-state index contributed by atoms with van der Waals surface area (Å²) in [5.74, 6) is -2.19. The smallest absolute Gasteiger partial charge is 0.308 e. The number of fused-ring (bicyclic) bond motifs is 1. The molecular weight excluding hydrogens is 279 g/mol. The van der Waals surface area contributed by atoms with E-state index in [0.717, 1.165) is 13.0 Å². The molecule has 0 aromatic heterocycles. The van der Waals surface area contributed by atoms with E-state index in [9.17, 15) is 14.4 Å². The maximum Gasteiger partial charge on any atom is 0.308 e. The van der Waals surface area contributed by atoms with Gasteiger partial charge in [-0.25, -0.2) is 0 Å². The average Bonchev–Trinajstić information content (AvgIpc) is 2.28. The van der Waals surface area contributed by atoms with Crippen molar-refractivity contribution in [1.29, 1.82) is 0 Å². The molecule has 6 heteroatoms. The van der Waals surface area contributed by atoms with Gasteiger partial charge in [-0.3, -0.25) is 14.4 Å². The maximum atomic E-state index is 12.0. The molecule has 0 amide bonds. The third kappa shape index (κ3) is 2.05. The van der Waals surface area contributed by atoms with Crippen molar-refractivity contribution in [3.63, 3.8) is 0 Å². The molecule has 1 aliphatic rings. The molecule has 0 bridgehead atoms. The molecule has 4 nitrogen and oxygen atoms in total. The summed E-state index contributed by atoms with van der Waals surface area (Å²) >= 11 is 11.7. The SMILES string of the molecule is CC(=O)OC1=CC(=O)c2c(Cl)ccc(Cl)c2C1=O. The third-order valence-electron chi connectivity index (χ3n) is 2.32. The number of hydrogen-bond donors (Lipinski definition) is 0. The molecule has 0 radical (unpaired) electrons. The van der Waals surface area contributed by atoms with Gasteiger partial charge in [-0.1, -0.05) is 23.2 Å². The van der Waals surface area contributed by atoms with Gasteiger partial charge in [-0.05, 0) is 12.1 Å². The molecule has 0 N–H and O–H groups in total. The molecule has 2 rings (SSSR count). The number of ether oxygens (including phenoxy) is 1. The van der Waals surface area contributed by atoms with Crippen LogP contribution in [0.15, 0.2) is 24.0 Å². The van der Waals surface area contributed by atoms with Crippen LogP contribution in [0, 0.1) is 0 Å². The highest BCUT2D eigenvalue weighted by atomic mass is 35.5. The summed E-state index contributed by atoms with van der Waals surface area (Å²) in [6, 6.07) is 2.84. The van der Waals surface area contributed by atoms with E-state index in [0.29, 0.717) is 0 Å². The van der Waals surface area contributed by atoms with Gasteiger partial charge in [0.15, 0.2) is 11.5 Å². The van der Waals surface area contributed by atoms with Crippen molar-refractivity contribution in [3.8, 4) is 0 Å². The molecule has 18 heavy (non-hydrogen) atoms. The predicted molar refractivity (Wildman–Crippen MR) is 65.0 cm³/mol. The van der Waals surface area contributed by atoms with Gasteiger partial charge in [-0.15, -0.1) is 0 Å². The number of carbonyl (C=O) groups excluding carboxylic acids is 3. The number of ketones is 2. The van der Waals surface area contributed by atoms with E-state index in [4.69, 9.17) is 23.2 Å². The maximum absolute atomic E-state index is 12.0. The Hall–Kier alpha value is -1.65. The van der Waals surface area contributed by atoms with Crippen LogP contribution >= 0.6 is 23.2 Å². The molecule has 0 saturated carbocycles. The van der Waals surface area contributed by atoms with Crippen LogP contribution in [-0.4, -0.2) is 17.5 Å². The lowest BCUT2D eigenvalue weighted by Crippen LogP contribution is -2.20. The summed E-state index contributed by atoms with van der Waals surface area (Å²) in [6.45, 7) is 1.13. The van der Waals surface area contributed by atoms with Gasteiger partial charge < -0.3 is 4.74 Å². The molecular formula is C12H6Cl2O4. The molecule has 0 heterocycles. The van der Waals surface area contributed by atoms with E-state index in [-0.39, 0.29) is 26.9 Å². The van der Waals surface area contributed by atoms with E-state index in [1.54, 1.807) is 0 Å². The number of esters is 1. The summed E-state index contributed by atoms with van der Waals surface area (Å²) in [5.41, 5.74) is -0.00187. The highest BCUT2D eigenvalue weighted by Crippen LogP contribution is 2.33. The summed E-state index contributed by atoms with van der Waals surface area (Å²) in [7, 11) is 0. The highest BCUT2D eigenvalue weighted by molar-refractivity contribution is 6.42. The molecule has 92 valence electrons. The number of Topliss-reactive ketones (excluding diaryl/α,β-unsaturated/α-hetero) is 1. The van der Waals surface area contributed by atoms with E-state index < -0.39 is 17.5 Å². The second-order valence-electron chi connectivity index (χ2n) is 3.57. The Labute approximate surface area is 112 Å². The molecule has 0 saturated heterocycles. The minimum absolute atomic E-state index is 0.0325. The standard InChI is InChI=1S/C12H6Cl2O4/c1-5(15)18-9-4-8(16)10-6(13)2-3-7(14)11(10)12(9)17/h2-4H,1H3. The summed E-state index contributed by atoms with van der Waals surface area (Å²) in [6.07, 6.45) is 0.939. The Balaban J connectivity index is 2.62. The molecule has 0 fully saturated rings. The van der Waals surface area contributed by atoms with Crippen molar-refractivity contribution >= 4 is 40.7 Å². The fraction of sp³-hybridized carbons (Fsp3) is 0.0833. The first kappa shape index (κ1) is 12.8. The van der Waals surface area contributed by atoms with E-state index >= 15 is 0 Å². The number of benzene rings is 1. The highest BCUT2D eigenvalue weighted by Gasteiger charge is 2.31. The molecule has 0 unspecified atom stereocenters. The van der Waals surface area contributed by atoms with Crippen LogP contribution in [0.2, 0.25) is 10.0 Å². The van der Waals surface area contributed by atoms with Crippen LogP contribution in [-0.2, 0) is 9.53 Å². The van der Waals surface area contributed by atoms with Crippen LogP contribution in [0.1, 0.15) is 27.6 Å². The van der Waals surface area contributed by atoms with Crippen LogP contribution in [0.5, 0.6) is 0 Å². The van der Waals surface area contributed by atoms with E-state index in [1.807, 2.05) is 0 Å². The number of carbonyl (C=O) groups is 3. The van der Waals surface area contributed by atoms with Gasteiger partial charge in [-0.2, -0.15) is 0 Å². The topological polar surface area (TPSA) is 60.4 Å². The third-order valence-corrected chi connectivity index (χ3v) is 2.95. The lowest BCUT2D eigenvalue weighted by molar-refractivity contribution is -0.136. The quantitative estimate of drug-likeness (QED) is 0.744. The zero-order chi connectivity index (χ0) is 13.4. The zero-order valence-electron chi connectivity index (χ0n) is 9.12. The van der Waals surface area contributed by atoms with Crippen molar-refractivity contribution in [2.75, 3.05) is 0 Å². The zero-order valence-corrected chi connectivity index (χ0v) is 10.6. The number of hydrogen-bond acceptors (Lipinski definition) is 4. The van der Waals surface area contributed by atoms with Crippen molar-refractivity contribution < 1.29 is 19.1 Å². The Morgan fingerprint density at radius 1 is 1.11 bits per heavy atom. The number of halogens is 2. The monoisotopic (exact) mass is 284 g/mol. The molecule has 0 atom stereocenters. The summed E-state index contributed by atoms with van der Waals surface area (Å²) in [4.78, 5) is 34.7. The Kier molecular flexibility index (Phi) is 3.24. The second-order valence-corrected chi connectivity index (χ2v) is 4.39. The second kappa shape index (κ2) is 4.55. The van der Waals surface area contributed by atoms with Crippen molar-refractivity contribution in [2.45, 2.75) is 6.92 Å². The number of allylic oxidation sites excluding steroid dienone is 2. The van der Waals surface area contributed by atoms with Gasteiger partial charge in [0.05, 0.1) is 21.2 Å². The first-order valence-corrected chi connectivity index (χ1v) is 5.64. The fourth-order valence-electron chi connectivity index (χ4n) is 1.63.